The van der Waals surface area contributed by atoms with Crippen LogP contribution in [0.15, 0.2) is 24.3 Å². The molecule has 1 atom stereocenters. The largest absolute Gasteiger partial charge is 0.453 e. The molecule has 0 spiro atoms. The van der Waals surface area contributed by atoms with Gasteiger partial charge in [0.2, 0.25) is 0 Å². The molecule has 1 aromatic carbocycles. The average Bonchev–Trinajstić information content (AvgIpc) is 2.55. The first-order valence-corrected chi connectivity index (χ1v) is 7.52. The molecule has 114 valence electrons. The second kappa shape index (κ2) is 6.45. The molecule has 0 saturated carbocycles. The summed E-state index contributed by atoms with van der Waals surface area (Å²) in [5.41, 5.74) is 2.59. The summed E-state index contributed by atoms with van der Waals surface area (Å²) in [6, 6.07) is 8.48. The summed E-state index contributed by atoms with van der Waals surface area (Å²) in [6.07, 6.45) is 0.660. The van der Waals surface area contributed by atoms with Crippen LogP contribution in [0.4, 0.5) is 4.79 Å². The Morgan fingerprint density at radius 2 is 2.05 bits per heavy atom. The van der Waals surface area contributed by atoms with Crippen LogP contribution in [0.5, 0.6) is 0 Å². The van der Waals surface area contributed by atoms with Crippen molar-refractivity contribution in [3.05, 3.63) is 35.4 Å². The summed E-state index contributed by atoms with van der Waals surface area (Å²) in [7, 11) is 1.45. The molecule has 1 amide bonds. The van der Waals surface area contributed by atoms with Crippen molar-refractivity contribution in [2.75, 3.05) is 46.5 Å². The number of morpholine rings is 1. The molecular formula is C16H22N2O3. The zero-order valence-corrected chi connectivity index (χ0v) is 12.5. The Kier molecular flexibility index (Phi) is 4.41. The molecule has 5 heteroatoms. The molecule has 0 radical (unpaired) electrons. The Bertz CT molecular complexity index is 500. The summed E-state index contributed by atoms with van der Waals surface area (Å²) in [5, 5.41) is 0. The molecule has 0 bridgehead atoms. The number of benzene rings is 1. The SMILES string of the molecule is COC(=O)N1CCc2ccccc2C1CN1CCOCC1. The molecule has 3 rings (SSSR count). The lowest BCUT2D eigenvalue weighted by Crippen LogP contribution is -2.47. The van der Waals surface area contributed by atoms with Crippen LogP contribution in [-0.4, -0.2) is 62.4 Å². The van der Waals surface area contributed by atoms with Crippen LogP contribution in [-0.2, 0) is 15.9 Å². The van der Waals surface area contributed by atoms with Crippen LogP contribution in [0, 0.1) is 0 Å². The molecule has 2 aliphatic rings. The highest BCUT2D eigenvalue weighted by molar-refractivity contribution is 5.69. The van der Waals surface area contributed by atoms with Gasteiger partial charge in [0, 0.05) is 26.2 Å². The predicted octanol–water partition coefficient (Wildman–Crippen LogP) is 1.68. The minimum Gasteiger partial charge on any atom is -0.453 e. The predicted molar refractivity (Wildman–Crippen MR) is 79.3 cm³/mol. The first kappa shape index (κ1) is 14.4. The Balaban J connectivity index is 1.84. The molecule has 1 unspecified atom stereocenters. The van der Waals surface area contributed by atoms with E-state index < -0.39 is 0 Å². The maximum absolute atomic E-state index is 12.1. The Morgan fingerprint density at radius 1 is 1.29 bits per heavy atom. The monoisotopic (exact) mass is 290 g/mol. The number of methoxy groups -OCH3 is 1. The van der Waals surface area contributed by atoms with Crippen molar-refractivity contribution < 1.29 is 14.3 Å². The highest BCUT2D eigenvalue weighted by Gasteiger charge is 2.32. The number of amides is 1. The first-order chi connectivity index (χ1) is 10.3. The quantitative estimate of drug-likeness (QED) is 0.831. The van der Waals surface area contributed by atoms with Crippen molar-refractivity contribution in [1.82, 2.24) is 9.80 Å². The van der Waals surface area contributed by atoms with E-state index in [1.54, 1.807) is 0 Å². The van der Waals surface area contributed by atoms with E-state index in [0.29, 0.717) is 0 Å². The molecule has 0 N–H and O–H groups in total. The molecular weight excluding hydrogens is 268 g/mol. The first-order valence-electron chi connectivity index (χ1n) is 7.52. The van der Waals surface area contributed by atoms with E-state index in [1.807, 2.05) is 11.0 Å². The second-order valence-electron chi connectivity index (χ2n) is 5.54. The molecule has 0 aromatic heterocycles. The fourth-order valence-corrected chi connectivity index (χ4v) is 3.21. The Morgan fingerprint density at radius 3 is 2.81 bits per heavy atom. The molecule has 2 aliphatic heterocycles. The van der Waals surface area contributed by atoms with Crippen molar-refractivity contribution in [2.24, 2.45) is 0 Å². The highest BCUT2D eigenvalue weighted by atomic mass is 16.5. The molecule has 21 heavy (non-hydrogen) atoms. The third-order valence-electron chi connectivity index (χ3n) is 4.36. The smallest absolute Gasteiger partial charge is 0.410 e. The zero-order chi connectivity index (χ0) is 14.7. The summed E-state index contributed by atoms with van der Waals surface area (Å²) in [4.78, 5) is 16.3. The fraction of sp³-hybridized carbons (Fsp3) is 0.562. The second-order valence-corrected chi connectivity index (χ2v) is 5.54. The van der Waals surface area contributed by atoms with E-state index in [1.165, 1.54) is 18.2 Å². The van der Waals surface area contributed by atoms with Gasteiger partial charge in [0.05, 0.1) is 26.4 Å². The van der Waals surface area contributed by atoms with Gasteiger partial charge in [-0.1, -0.05) is 24.3 Å². The number of rotatable bonds is 2. The van der Waals surface area contributed by atoms with E-state index in [9.17, 15) is 4.79 Å². The van der Waals surface area contributed by atoms with Gasteiger partial charge in [-0.15, -0.1) is 0 Å². The van der Waals surface area contributed by atoms with Gasteiger partial charge < -0.3 is 9.47 Å². The minimum atomic E-state index is -0.234. The minimum absolute atomic E-state index is 0.0699. The lowest BCUT2D eigenvalue weighted by Gasteiger charge is -2.39. The summed E-state index contributed by atoms with van der Waals surface area (Å²) >= 11 is 0. The van der Waals surface area contributed by atoms with E-state index in [0.717, 1.165) is 45.8 Å². The molecule has 1 aromatic rings. The number of carbonyl (C=O) groups excluding carboxylic acids is 1. The number of hydrogen-bond donors (Lipinski definition) is 0. The van der Waals surface area contributed by atoms with Crippen LogP contribution in [0.2, 0.25) is 0 Å². The average molecular weight is 290 g/mol. The fourth-order valence-electron chi connectivity index (χ4n) is 3.21. The van der Waals surface area contributed by atoms with Gasteiger partial charge in [-0.05, 0) is 17.5 Å². The topological polar surface area (TPSA) is 42.0 Å². The third-order valence-corrected chi connectivity index (χ3v) is 4.36. The standard InChI is InChI=1S/C16H22N2O3/c1-20-16(19)18-7-6-13-4-2-3-5-14(13)15(18)12-17-8-10-21-11-9-17/h2-5,15H,6-12H2,1H3. The van der Waals surface area contributed by atoms with Crippen molar-refractivity contribution in [3.8, 4) is 0 Å². The Hall–Kier alpha value is -1.59. The number of hydrogen-bond acceptors (Lipinski definition) is 4. The normalized spacial score (nSPS) is 22.7. The van der Waals surface area contributed by atoms with Crippen molar-refractivity contribution in [3.63, 3.8) is 0 Å². The molecule has 0 aliphatic carbocycles. The van der Waals surface area contributed by atoms with Gasteiger partial charge in [0.1, 0.15) is 0 Å². The van der Waals surface area contributed by atoms with Gasteiger partial charge >= 0.3 is 6.09 Å². The molecule has 1 saturated heterocycles. The van der Waals surface area contributed by atoms with Gasteiger partial charge in [-0.3, -0.25) is 9.80 Å². The van der Waals surface area contributed by atoms with E-state index >= 15 is 0 Å². The van der Waals surface area contributed by atoms with Crippen LogP contribution in [0.25, 0.3) is 0 Å². The van der Waals surface area contributed by atoms with Gasteiger partial charge in [-0.2, -0.15) is 0 Å². The molecule has 2 heterocycles. The number of fused-ring (bicyclic) bond motifs is 1. The maximum Gasteiger partial charge on any atom is 0.410 e. The van der Waals surface area contributed by atoms with Gasteiger partial charge in [0.25, 0.3) is 0 Å². The lowest BCUT2D eigenvalue weighted by molar-refractivity contribution is 0.0203. The van der Waals surface area contributed by atoms with Crippen LogP contribution >= 0.6 is 0 Å². The summed E-state index contributed by atoms with van der Waals surface area (Å²) < 4.78 is 10.4. The third kappa shape index (κ3) is 3.04. The number of carbonyl (C=O) groups is 1. The number of ether oxygens (including phenoxy) is 2. The number of nitrogens with zero attached hydrogens (tertiary/aromatic N) is 2. The van der Waals surface area contributed by atoms with Crippen LogP contribution in [0.3, 0.4) is 0 Å². The van der Waals surface area contributed by atoms with Crippen molar-refractivity contribution in [1.29, 1.82) is 0 Å². The van der Waals surface area contributed by atoms with Gasteiger partial charge in [0.15, 0.2) is 0 Å². The van der Waals surface area contributed by atoms with Crippen molar-refractivity contribution >= 4 is 6.09 Å². The van der Waals surface area contributed by atoms with E-state index in [4.69, 9.17) is 9.47 Å². The van der Waals surface area contributed by atoms with Gasteiger partial charge in [-0.25, -0.2) is 4.79 Å². The summed E-state index contributed by atoms with van der Waals surface area (Å²) in [5.74, 6) is 0. The lowest BCUT2D eigenvalue weighted by atomic mass is 9.92. The molecule has 1 fully saturated rings. The highest BCUT2D eigenvalue weighted by Crippen LogP contribution is 2.31. The van der Waals surface area contributed by atoms with Crippen molar-refractivity contribution in [2.45, 2.75) is 12.5 Å². The Labute approximate surface area is 125 Å². The van der Waals surface area contributed by atoms with E-state index in [2.05, 4.69) is 23.1 Å². The molecule has 5 nitrogen and oxygen atoms in total. The summed E-state index contributed by atoms with van der Waals surface area (Å²) in [6.45, 7) is 4.95. The van der Waals surface area contributed by atoms with Crippen LogP contribution < -0.4 is 0 Å². The maximum atomic E-state index is 12.1. The van der Waals surface area contributed by atoms with E-state index in [-0.39, 0.29) is 12.1 Å². The van der Waals surface area contributed by atoms with Crippen LogP contribution in [0.1, 0.15) is 17.2 Å². The zero-order valence-electron chi connectivity index (χ0n) is 12.5.